The molecule has 0 heterocycles. The Morgan fingerprint density at radius 1 is 0.659 bits per heavy atom. The van der Waals surface area contributed by atoms with Crippen molar-refractivity contribution in [3.05, 3.63) is 0 Å². The average Bonchev–Trinajstić information content (AvgIpc) is 2.87. The Bertz CT molecular complexity index is 697. The van der Waals surface area contributed by atoms with Crippen LogP contribution in [0.3, 0.4) is 0 Å². The Hall–Kier alpha value is -0.690. The minimum atomic E-state index is -1.44. The van der Waals surface area contributed by atoms with E-state index in [0.29, 0.717) is 6.42 Å². The van der Waals surface area contributed by atoms with Crippen LogP contribution in [0.5, 0.6) is 0 Å². The SMILES string of the molecule is CCCCCCCCCCCCCCCCCC(=O)N[C@@H](CCC(=O)O)C(=O)O.N[C@@H](CCC(=O)[O-])C(=O)[O-].[Na+].[Na+]. The molecule has 0 rings (SSSR count). The van der Waals surface area contributed by atoms with Gasteiger partial charge in [-0.15, -0.1) is 0 Å². The summed E-state index contributed by atoms with van der Waals surface area (Å²) in [5.41, 5.74) is 4.91. The number of hydrogen-bond acceptors (Lipinski definition) is 8. The molecule has 0 fully saturated rings. The zero-order valence-electron chi connectivity index (χ0n) is 25.6. The van der Waals surface area contributed by atoms with E-state index in [1.807, 2.05) is 0 Å². The van der Waals surface area contributed by atoms with Gasteiger partial charge in [0.1, 0.15) is 6.04 Å². The van der Waals surface area contributed by atoms with Crippen LogP contribution in [0.15, 0.2) is 0 Å². The molecule has 0 bridgehead atoms. The van der Waals surface area contributed by atoms with Crippen molar-refractivity contribution in [3.63, 3.8) is 0 Å². The first-order valence-electron chi connectivity index (χ1n) is 14.4. The number of carboxylic acids is 4. The first kappa shape index (κ1) is 47.2. The smallest absolute Gasteiger partial charge is 0.550 e. The molecule has 41 heavy (non-hydrogen) atoms. The van der Waals surface area contributed by atoms with Gasteiger partial charge in [0.25, 0.3) is 0 Å². The summed E-state index contributed by atoms with van der Waals surface area (Å²) < 4.78 is 0. The molecule has 0 spiro atoms. The third kappa shape index (κ3) is 37.3. The summed E-state index contributed by atoms with van der Waals surface area (Å²) in [5, 5.41) is 39.7. The second-order valence-corrected chi connectivity index (χ2v) is 9.93. The fourth-order valence-corrected chi connectivity index (χ4v) is 3.84. The van der Waals surface area contributed by atoms with Gasteiger partial charge in [-0.05, 0) is 25.7 Å². The van der Waals surface area contributed by atoms with Crippen LogP contribution in [0.1, 0.15) is 135 Å². The van der Waals surface area contributed by atoms with E-state index in [0.717, 1.165) is 19.3 Å². The van der Waals surface area contributed by atoms with Crippen LogP contribution >= 0.6 is 0 Å². The molecule has 1 amide bonds. The molecule has 0 aliphatic heterocycles. The van der Waals surface area contributed by atoms with E-state index in [-0.39, 0.29) is 90.7 Å². The Morgan fingerprint density at radius 2 is 1.07 bits per heavy atom. The van der Waals surface area contributed by atoms with E-state index in [9.17, 15) is 34.2 Å². The number of amides is 1. The largest absolute Gasteiger partial charge is 1.00 e. The van der Waals surface area contributed by atoms with E-state index in [1.165, 1.54) is 77.0 Å². The minimum absolute atomic E-state index is 0. The van der Waals surface area contributed by atoms with Crippen LogP contribution in [0.2, 0.25) is 0 Å². The number of aliphatic carboxylic acids is 4. The first-order valence-corrected chi connectivity index (χ1v) is 14.4. The Morgan fingerprint density at radius 3 is 1.41 bits per heavy atom. The number of unbranched alkanes of at least 4 members (excludes halogenated alkanes) is 14. The van der Waals surface area contributed by atoms with Crippen molar-refractivity contribution in [2.45, 2.75) is 147 Å². The van der Waals surface area contributed by atoms with Gasteiger partial charge in [0, 0.05) is 24.9 Å². The van der Waals surface area contributed by atoms with Crippen LogP contribution < -0.4 is 80.4 Å². The fourth-order valence-electron chi connectivity index (χ4n) is 3.84. The van der Waals surface area contributed by atoms with Crippen molar-refractivity contribution in [2.75, 3.05) is 0 Å². The third-order valence-electron chi connectivity index (χ3n) is 6.25. The van der Waals surface area contributed by atoms with Crippen LogP contribution in [0, 0.1) is 0 Å². The number of carbonyl (C=O) groups is 5. The summed E-state index contributed by atoms with van der Waals surface area (Å²) in [7, 11) is 0. The number of carboxylic acid groups (broad SMARTS) is 4. The van der Waals surface area contributed by atoms with E-state index < -0.39 is 36.0 Å². The van der Waals surface area contributed by atoms with Gasteiger partial charge in [0.05, 0.1) is 5.97 Å². The Labute approximate surface area is 289 Å². The Kier molecular flexibility index (Phi) is 39.0. The number of hydrogen-bond donors (Lipinski definition) is 4. The molecule has 0 aromatic rings. The quantitative estimate of drug-likeness (QED) is 0.0591. The third-order valence-corrected chi connectivity index (χ3v) is 6.25. The molecule has 0 unspecified atom stereocenters. The van der Waals surface area contributed by atoms with Gasteiger partial charge in [-0.2, -0.15) is 0 Å². The number of nitrogens with one attached hydrogen (secondary N) is 1. The summed E-state index contributed by atoms with van der Waals surface area (Å²) >= 11 is 0. The molecular formula is C28H50N2Na2O9. The molecule has 228 valence electrons. The molecule has 2 atom stereocenters. The molecule has 0 radical (unpaired) electrons. The second kappa shape index (κ2) is 33.8. The summed E-state index contributed by atoms with van der Waals surface area (Å²) in [5.74, 6) is -5.31. The zero-order chi connectivity index (χ0) is 29.9. The topological polar surface area (TPSA) is 210 Å². The monoisotopic (exact) mass is 604 g/mol. The average molecular weight is 605 g/mol. The van der Waals surface area contributed by atoms with Crippen molar-refractivity contribution in [3.8, 4) is 0 Å². The number of carbonyl (C=O) groups excluding carboxylic acids is 3. The van der Waals surface area contributed by atoms with Crippen molar-refractivity contribution < 1.29 is 104 Å². The summed E-state index contributed by atoms with van der Waals surface area (Å²) in [4.78, 5) is 53.0. The molecule has 0 saturated carbocycles. The maximum Gasteiger partial charge on any atom is 1.00 e. The maximum atomic E-state index is 11.8. The maximum absolute atomic E-state index is 11.8. The van der Waals surface area contributed by atoms with Crippen LogP contribution in [0.4, 0.5) is 0 Å². The Balaban J connectivity index is -0.000000485. The molecule has 0 aromatic heterocycles. The number of rotatable bonds is 25. The summed E-state index contributed by atoms with van der Waals surface area (Å²) in [6.45, 7) is 2.25. The van der Waals surface area contributed by atoms with Gasteiger partial charge in [-0.3, -0.25) is 9.59 Å². The van der Waals surface area contributed by atoms with Gasteiger partial charge >= 0.3 is 71.1 Å². The van der Waals surface area contributed by atoms with Crippen LogP contribution in [-0.2, 0) is 24.0 Å². The van der Waals surface area contributed by atoms with Crippen LogP contribution in [0.25, 0.3) is 0 Å². The molecule has 13 heteroatoms. The first-order chi connectivity index (χ1) is 18.5. The standard InChI is InChI=1S/C23H43NO5.C5H9NO4.2Na/c1-2-3-4-5-6-7-8-9-10-11-12-13-14-15-16-17-21(25)24-20(23(28)29)18-19-22(26)27;6-3(5(9)10)1-2-4(7)8;;/h20H,2-19H2,1H3,(H,24,25)(H,26,27)(H,28,29);3H,1-2,6H2,(H,7,8)(H,9,10);;/q;;2*+1/p-2/t20-;3-;;/m00../s1. The van der Waals surface area contributed by atoms with Gasteiger partial charge in [0.2, 0.25) is 5.91 Å². The van der Waals surface area contributed by atoms with Crippen molar-refractivity contribution in [2.24, 2.45) is 5.73 Å². The zero-order valence-corrected chi connectivity index (χ0v) is 29.6. The molecule has 0 aliphatic rings. The summed E-state index contributed by atoms with van der Waals surface area (Å²) in [6.07, 6.45) is 18.3. The second-order valence-electron chi connectivity index (χ2n) is 9.93. The molecule has 0 saturated heterocycles. The van der Waals surface area contributed by atoms with Gasteiger partial charge in [-0.25, -0.2) is 4.79 Å². The predicted octanol–water partition coefficient (Wildman–Crippen LogP) is -3.72. The number of nitrogens with two attached hydrogens (primary N) is 1. The molecular weight excluding hydrogens is 554 g/mol. The molecule has 11 nitrogen and oxygen atoms in total. The van der Waals surface area contributed by atoms with E-state index in [2.05, 4.69) is 12.2 Å². The minimum Gasteiger partial charge on any atom is -0.550 e. The summed E-state index contributed by atoms with van der Waals surface area (Å²) in [6, 6.07) is -2.33. The van der Waals surface area contributed by atoms with Crippen molar-refractivity contribution in [1.29, 1.82) is 0 Å². The van der Waals surface area contributed by atoms with E-state index in [1.54, 1.807) is 0 Å². The van der Waals surface area contributed by atoms with E-state index >= 15 is 0 Å². The molecule has 5 N–H and O–H groups in total. The molecule has 0 aromatic carbocycles. The normalized spacial score (nSPS) is 11.5. The predicted molar refractivity (Wildman–Crippen MR) is 143 cm³/mol. The molecule has 0 aliphatic carbocycles. The van der Waals surface area contributed by atoms with Gasteiger partial charge in [-0.1, -0.05) is 96.8 Å². The van der Waals surface area contributed by atoms with Gasteiger partial charge in [0.15, 0.2) is 0 Å². The van der Waals surface area contributed by atoms with E-state index in [4.69, 9.17) is 15.9 Å². The fraction of sp³-hybridized carbons (Fsp3) is 0.821. The van der Waals surface area contributed by atoms with Crippen molar-refractivity contribution in [1.82, 2.24) is 5.32 Å². The van der Waals surface area contributed by atoms with Crippen molar-refractivity contribution >= 4 is 29.8 Å². The van der Waals surface area contributed by atoms with Crippen LogP contribution in [-0.4, -0.2) is 52.1 Å². The van der Waals surface area contributed by atoms with Gasteiger partial charge < -0.3 is 41.1 Å².